The molecule has 0 saturated carbocycles. The molecule has 0 aliphatic carbocycles. The average molecular weight is 262 g/mol. The number of aromatic nitrogens is 1. The Hall–Kier alpha value is -1.65. The Morgan fingerprint density at radius 3 is 2.53 bits per heavy atom. The van der Waals surface area contributed by atoms with Crippen molar-refractivity contribution in [2.24, 2.45) is 5.92 Å². The zero-order valence-corrected chi connectivity index (χ0v) is 11.6. The van der Waals surface area contributed by atoms with E-state index in [1.165, 1.54) is 4.48 Å². The van der Waals surface area contributed by atoms with Crippen molar-refractivity contribution in [3.05, 3.63) is 40.4 Å². The maximum atomic E-state index is 14.7. The van der Waals surface area contributed by atoms with Crippen LogP contribution in [0.4, 0.5) is 8.63 Å². The first-order valence-electron chi connectivity index (χ1n) is 6.60. The van der Waals surface area contributed by atoms with Gasteiger partial charge in [0.15, 0.2) is 5.70 Å². The summed E-state index contributed by atoms with van der Waals surface area (Å²) in [5.74, 6) is 0.250. The van der Waals surface area contributed by atoms with E-state index >= 15 is 0 Å². The molecule has 100 valence electrons. The summed E-state index contributed by atoms with van der Waals surface area (Å²) in [7, 11) is 0. The summed E-state index contributed by atoms with van der Waals surface area (Å²) in [6.45, 7) is 3.87. The lowest BCUT2D eigenvalue weighted by Gasteiger charge is -2.29. The zero-order valence-electron chi connectivity index (χ0n) is 11.6. The lowest BCUT2D eigenvalue weighted by molar-refractivity contribution is -0.356. The van der Waals surface area contributed by atoms with E-state index in [1.54, 1.807) is 13.1 Å². The highest BCUT2D eigenvalue weighted by molar-refractivity contribution is 6.57. The first kappa shape index (κ1) is 12.4. The van der Waals surface area contributed by atoms with Crippen molar-refractivity contribution in [2.45, 2.75) is 27.7 Å². The molecule has 3 rings (SSSR count). The molecule has 0 radical (unpaired) electrons. The van der Waals surface area contributed by atoms with E-state index in [9.17, 15) is 8.63 Å². The summed E-state index contributed by atoms with van der Waals surface area (Å²) in [4.78, 5) is 0. The molecule has 0 aromatic carbocycles. The molecule has 3 heterocycles. The third-order valence-corrected chi connectivity index (χ3v) is 3.97. The quantitative estimate of drug-likeness (QED) is 0.686. The van der Waals surface area contributed by atoms with Gasteiger partial charge in [-0.2, -0.15) is 0 Å². The van der Waals surface area contributed by atoms with Gasteiger partial charge >= 0.3 is 6.97 Å². The minimum absolute atomic E-state index is 0.250. The van der Waals surface area contributed by atoms with Gasteiger partial charge in [0.05, 0.1) is 0 Å². The largest absolute Gasteiger partial charge is 0.737 e. The van der Waals surface area contributed by atoms with Gasteiger partial charge in [0.2, 0.25) is 0 Å². The third-order valence-electron chi connectivity index (χ3n) is 3.97. The Kier molecular flexibility index (Phi) is 2.40. The molecule has 0 bridgehead atoms. The van der Waals surface area contributed by atoms with Crippen LogP contribution in [0.2, 0.25) is 0 Å². The van der Waals surface area contributed by atoms with Gasteiger partial charge in [-0.05, 0) is 37.1 Å². The average Bonchev–Trinajstić information content (AvgIpc) is 2.82. The number of halogens is 2. The summed E-state index contributed by atoms with van der Waals surface area (Å²) in [6.07, 6.45) is 5.31. The molecule has 1 aromatic heterocycles. The normalized spacial score (nSPS) is 19.8. The van der Waals surface area contributed by atoms with Crippen LogP contribution in [0.5, 0.6) is 0 Å². The van der Waals surface area contributed by atoms with Crippen molar-refractivity contribution < 1.29 is 13.1 Å². The molecule has 2 aliphatic rings. The van der Waals surface area contributed by atoms with Crippen LogP contribution < -0.4 is 0 Å². The lowest BCUT2D eigenvalue weighted by atomic mass is 9.91. The Bertz CT molecular complexity index is 663. The van der Waals surface area contributed by atoms with E-state index in [-0.39, 0.29) is 5.92 Å². The Morgan fingerprint density at radius 2 is 1.89 bits per heavy atom. The van der Waals surface area contributed by atoms with Crippen LogP contribution >= 0.6 is 0 Å². The first-order chi connectivity index (χ1) is 8.82. The highest BCUT2D eigenvalue weighted by Crippen LogP contribution is 2.34. The SMILES string of the molecule is Cc1cc(C)n2c1C=C1C=C(C(C)C)C=[N+]1[B-]2(F)F. The summed E-state index contributed by atoms with van der Waals surface area (Å²) < 4.78 is 31.7. The van der Waals surface area contributed by atoms with Crippen molar-refractivity contribution in [3.63, 3.8) is 0 Å². The van der Waals surface area contributed by atoms with E-state index < -0.39 is 6.97 Å². The van der Waals surface area contributed by atoms with Crippen molar-refractivity contribution >= 4 is 19.3 Å². The van der Waals surface area contributed by atoms with Crippen LogP contribution in [0, 0.1) is 19.8 Å². The zero-order chi connectivity index (χ0) is 13.9. The van der Waals surface area contributed by atoms with E-state index in [4.69, 9.17) is 0 Å². The van der Waals surface area contributed by atoms with Crippen LogP contribution in [0.15, 0.2) is 23.4 Å². The number of allylic oxidation sites excluding steroid dienone is 2. The Balaban J connectivity index is 2.25. The molecule has 5 heteroatoms. The minimum atomic E-state index is -3.78. The molecule has 1 aromatic rings. The molecule has 0 amide bonds. The van der Waals surface area contributed by atoms with Crippen molar-refractivity contribution in [2.75, 3.05) is 0 Å². The van der Waals surface area contributed by atoms with Gasteiger partial charge in [-0.3, -0.25) is 0 Å². The molecule has 0 spiro atoms. The van der Waals surface area contributed by atoms with Crippen molar-refractivity contribution in [1.82, 2.24) is 4.48 Å². The van der Waals surface area contributed by atoms with Crippen LogP contribution in [0.1, 0.15) is 30.8 Å². The molecule has 0 atom stereocenters. The van der Waals surface area contributed by atoms with Gasteiger partial charge in [0, 0.05) is 23.4 Å². The van der Waals surface area contributed by atoms with Gasteiger partial charge in [-0.1, -0.05) is 13.8 Å². The molecular weight excluding hydrogens is 245 g/mol. The van der Waals surface area contributed by atoms with Crippen molar-refractivity contribution in [1.29, 1.82) is 0 Å². The van der Waals surface area contributed by atoms with E-state index in [0.29, 0.717) is 17.1 Å². The maximum Gasteiger partial charge on any atom is 0.737 e. The number of nitrogens with zero attached hydrogens (tertiary/aromatic N) is 2. The molecule has 2 aliphatic heterocycles. The summed E-state index contributed by atoms with van der Waals surface area (Å²) in [5.41, 5.74) is 3.69. The Morgan fingerprint density at radius 1 is 1.21 bits per heavy atom. The van der Waals surface area contributed by atoms with E-state index in [0.717, 1.165) is 15.6 Å². The monoisotopic (exact) mass is 262 g/mol. The van der Waals surface area contributed by atoms with Crippen molar-refractivity contribution in [3.8, 4) is 0 Å². The predicted molar refractivity (Wildman–Crippen MR) is 74.5 cm³/mol. The van der Waals surface area contributed by atoms with Gasteiger partial charge in [-0.15, -0.1) is 0 Å². The lowest BCUT2D eigenvalue weighted by Crippen LogP contribution is -2.49. The molecule has 0 unspecified atom stereocenters. The molecule has 19 heavy (non-hydrogen) atoms. The fourth-order valence-electron chi connectivity index (χ4n) is 2.92. The first-order valence-corrected chi connectivity index (χ1v) is 6.60. The summed E-state index contributed by atoms with van der Waals surface area (Å²) in [5, 5.41) is 0. The standard InChI is InChI=1S/C14H17BF2N2/c1-9(2)12-6-13-7-14-10(3)5-11(4)19(14)15(16,17)18(13)8-12/h5-9H,1-4H3. The summed E-state index contributed by atoms with van der Waals surface area (Å²) in [6, 6.07) is 1.82. The third kappa shape index (κ3) is 1.57. The topological polar surface area (TPSA) is 7.94 Å². The molecule has 2 nitrogen and oxygen atoms in total. The second kappa shape index (κ2) is 3.68. The predicted octanol–water partition coefficient (Wildman–Crippen LogP) is 3.36. The number of fused-ring (bicyclic) bond motifs is 2. The number of aryl methyl sites for hydroxylation is 2. The highest BCUT2D eigenvalue weighted by atomic mass is 19.2. The second-order valence-corrected chi connectivity index (χ2v) is 5.72. The smallest absolute Gasteiger partial charge is 0.394 e. The number of hydrogen-bond donors (Lipinski definition) is 0. The van der Waals surface area contributed by atoms with Gasteiger partial charge in [-0.25, -0.2) is 0 Å². The number of hydrogen-bond acceptors (Lipinski definition) is 0. The van der Waals surface area contributed by atoms with E-state index in [2.05, 4.69) is 0 Å². The van der Waals surface area contributed by atoms with Gasteiger partial charge < -0.3 is 17.6 Å². The van der Waals surface area contributed by atoms with Gasteiger partial charge in [0.1, 0.15) is 6.21 Å². The maximum absolute atomic E-state index is 14.7. The summed E-state index contributed by atoms with van der Waals surface area (Å²) >= 11 is 0. The van der Waals surface area contributed by atoms with Crippen LogP contribution in [0.3, 0.4) is 0 Å². The fraction of sp³-hybridized carbons (Fsp3) is 0.357. The second-order valence-electron chi connectivity index (χ2n) is 5.72. The minimum Gasteiger partial charge on any atom is -0.394 e. The van der Waals surface area contributed by atoms with Crippen LogP contribution in [-0.2, 0) is 0 Å². The number of rotatable bonds is 1. The van der Waals surface area contributed by atoms with Crippen LogP contribution in [0.25, 0.3) is 6.08 Å². The van der Waals surface area contributed by atoms with Crippen LogP contribution in [-0.4, -0.2) is 22.1 Å². The molecule has 0 N–H and O–H groups in total. The highest BCUT2D eigenvalue weighted by Gasteiger charge is 2.51. The molecule has 0 saturated heterocycles. The molecule has 0 fully saturated rings. The fourth-order valence-corrected chi connectivity index (χ4v) is 2.92. The Labute approximate surface area is 111 Å². The van der Waals surface area contributed by atoms with E-state index in [1.807, 2.05) is 39.0 Å². The van der Waals surface area contributed by atoms with Gasteiger partial charge in [0.25, 0.3) is 0 Å². The molecular formula is C14H17BF2N2.